The summed E-state index contributed by atoms with van der Waals surface area (Å²) in [5, 5.41) is 9.99. The number of rotatable bonds is 3. The normalized spacial score (nSPS) is 21.9. The van der Waals surface area contributed by atoms with E-state index in [1.54, 1.807) is 20.8 Å². The maximum atomic E-state index is 11.7. The van der Waals surface area contributed by atoms with Crippen molar-refractivity contribution in [2.45, 2.75) is 56.8 Å². The Morgan fingerprint density at radius 1 is 1.27 bits per heavy atom. The molecule has 1 aliphatic rings. The summed E-state index contributed by atoms with van der Waals surface area (Å²) in [7, 11) is -3.33. The molecule has 90 valence electrons. The molecule has 0 radical (unpaired) electrons. The van der Waals surface area contributed by atoms with E-state index in [1.807, 2.05) is 0 Å². The molecule has 1 aliphatic carbocycles. The molecule has 15 heavy (non-hydrogen) atoms. The molecular formula is C10H21NO3S. The van der Waals surface area contributed by atoms with E-state index >= 15 is 0 Å². The van der Waals surface area contributed by atoms with Gasteiger partial charge in [0.1, 0.15) is 0 Å². The second-order valence-corrected chi connectivity index (χ2v) is 7.89. The van der Waals surface area contributed by atoms with Crippen LogP contribution in [-0.2, 0) is 10.0 Å². The van der Waals surface area contributed by atoms with Crippen LogP contribution in [0, 0.1) is 0 Å². The van der Waals surface area contributed by atoms with Gasteiger partial charge in [-0.15, -0.1) is 0 Å². The first kappa shape index (κ1) is 12.9. The Morgan fingerprint density at radius 2 is 1.73 bits per heavy atom. The molecule has 1 rings (SSSR count). The minimum absolute atomic E-state index is 0.145. The lowest BCUT2D eigenvalue weighted by molar-refractivity contribution is 0.0530. The molecule has 1 fully saturated rings. The molecule has 0 unspecified atom stereocenters. The van der Waals surface area contributed by atoms with Crippen molar-refractivity contribution in [3.63, 3.8) is 0 Å². The zero-order chi connectivity index (χ0) is 11.7. The lowest BCUT2D eigenvalue weighted by Crippen LogP contribution is -2.46. The smallest absolute Gasteiger partial charge is 0.216 e. The average Bonchev–Trinajstić information content (AvgIpc) is 2.48. The predicted molar refractivity (Wildman–Crippen MR) is 60.1 cm³/mol. The van der Waals surface area contributed by atoms with Crippen molar-refractivity contribution < 1.29 is 13.5 Å². The maximum Gasteiger partial charge on any atom is 0.216 e. The summed E-state index contributed by atoms with van der Waals surface area (Å²) in [4.78, 5) is 0. The largest absolute Gasteiger partial charge is 0.389 e. The predicted octanol–water partition coefficient (Wildman–Crippen LogP) is 1.01. The molecule has 0 spiro atoms. The van der Waals surface area contributed by atoms with E-state index in [0.29, 0.717) is 12.8 Å². The van der Waals surface area contributed by atoms with Crippen molar-refractivity contribution >= 4 is 10.0 Å². The van der Waals surface area contributed by atoms with E-state index in [-0.39, 0.29) is 6.54 Å². The van der Waals surface area contributed by atoms with E-state index in [2.05, 4.69) is 4.72 Å². The molecule has 0 heterocycles. The van der Waals surface area contributed by atoms with Gasteiger partial charge in [-0.05, 0) is 33.6 Å². The summed E-state index contributed by atoms with van der Waals surface area (Å²) in [6.45, 7) is 5.09. The Morgan fingerprint density at radius 3 is 2.13 bits per heavy atom. The van der Waals surface area contributed by atoms with Crippen LogP contribution in [-0.4, -0.2) is 30.4 Å². The van der Waals surface area contributed by atoms with Gasteiger partial charge in [-0.25, -0.2) is 13.1 Å². The third-order valence-electron chi connectivity index (χ3n) is 2.93. The number of sulfonamides is 1. The summed E-state index contributed by atoms with van der Waals surface area (Å²) >= 11 is 0. The average molecular weight is 235 g/mol. The first-order chi connectivity index (χ1) is 6.66. The summed E-state index contributed by atoms with van der Waals surface area (Å²) in [5.74, 6) is 0. The molecule has 5 heteroatoms. The molecule has 4 nitrogen and oxygen atoms in total. The van der Waals surface area contributed by atoms with Crippen LogP contribution in [0.15, 0.2) is 0 Å². The van der Waals surface area contributed by atoms with Crippen LogP contribution in [0.25, 0.3) is 0 Å². The van der Waals surface area contributed by atoms with Crippen LogP contribution in [0.1, 0.15) is 46.5 Å². The van der Waals surface area contributed by atoms with Gasteiger partial charge in [0, 0.05) is 6.54 Å². The second kappa shape index (κ2) is 4.03. The zero-order valence-electron chi connectivity index (χ0n) is 9.71. The van der Waals surface area contributed by atoms with E-state index in [9.17, 15) is 13.5 Å². The monoisotopic (exact) mass is 235 g/mol. The third-order valence-corrected chi connectivity index (χ3v) is 5.07. The Bertz CT molecular complexity index is 310. The molecule has 0 amide bonds. The van der Waals surface area contributed by atoms with Crippen LogP contribution in [0.2, 0.25) is 0 Å². The molecule has 0 atom stereocenters. The van der Waals surface area contributed by atoms with Crippen LogP contribution in [0.3, 0.4) is 0 Å². The molecule has 0 aromatic rings. The lowest BCUT2D eigenvalue weighted by atomic mass is 10.0. The van der Waals surface area contributed by atoms with Gasteiger partial charge in [-0.2, -0.15) is 0 Å². The topological polar surface area (TPSA) is 66.4 Å². The molecule has 0 aromatic carbocycles. The van der Waals surface area contributed by atoms with Gasteiger partial charge in [-0.1, -0.05) is 12.8 Å². The number of aliphatic hydroxyl groups is 1. The lowest BCUT2D eigenvalue weighted by Gasteiger charge is -2.26. The SMILES string of the molecule is CC(C)(C)S(=O)(=O)NCC1(O)CCCC1. The van der Waals surface area contributed by atoms with Crippen molar-refractivity contribution in [1.82, 2.24) is 4.72 Å². The Hall–Kier alpha value is -0.130. The summed E-state index contributed by atoms with van der Waals surface area (Å²) in [5.41, 5.74) is -0.821. The Balaban J connectivity index is 2.57. The Kier molecular flexibility index (Phi) is 3.48. The van der Waals surface area contributed by atoms with Gasteiger partial charge in [0.15, 0.2) is 0 Å². The van der Waals surface area contributed by atoms with Gasteiger partial charge in [-0.3, -0.25) is 0 Å². The maximum absolute atomic E-state index is 11.7. The van der Waals surface area contributed by atoms with E-state index < -0.39 is 20.4 Å². The van der Waals surface area contributed by atoms with Crippen molar-refractivity contribution in [2.75, 3.05) is 6.54 Å². The van der Waals surface area contributed by atoms with Crippen LogP contribution < -0.4 is 4.72 Å². The molecule has 0 aliphatic heterocycles. The highest BCUT2D eigenvalue weighted by molar-refractivity contribution is 7.90. The van der Waals surface area contributed by atoms with Crippen LogP contribution >= 0.6 is 0 Å². The minimum Gasteiger partial charge on any atom is -0.389 e. The first-order valence-corrected chi connectivity index (χ1v) is 6.86. The van der Waals surface area contributed by atoms with E-state index in [1.165, 1.54) is 0 Å². The van der Waals surface area contributed by atoms with Crippen molar-refractivity contribution in [2.24, 2.45) is 0 Å². The molecule has 0 bridgehead atoms. The number of hydrogen-bond donors (Lipinski definition) is 2. The fourth-order valence-electron chi connectivity index (χ4n) is 1.66. The molecule has 0 aromatic heterocycles. The summed E-state index contributed by atoms with van der Waals surface area (Å²) in [6.07, 6.45) is 3.35. The molecule has 1 saturated carbocycles. The van der Waals surface area contributed by atoms with Gasteiger partial charge < -0.3 is 5.11 Å². The summed E-state index contributed by atoms with van der Waals surface area (Å²) < 4.78 is 25.1. The van der Waals surface area contributed by atoms with Crippen molar-refractivity contribution in [3.05, 3.63) is 0 Å². The highest BCUT2D eigenvalue weighted by Crippen LogP contribution is 2.29. The highest BCUT2D eigenvalue weighted by atomic mass is 32.2. The second-order valence-electron chi connectivity index (χ2n) is 5.37. The minimum atomic E-state index is -3.33. The third kappa shape index (κ3) is 3.16. The van der Waals surface area contributed by atoms with Gasteiger partial charge in [0.2, 0.25) is 10.0 Å². The van der Waals surface area contributed by atoms with Gasteiger partial charge >= 0.3 is 0 Å². The van der Waals surface area contributed by atoms with Gasteiger partial charge in [0.25, 0.3) is 0 Å². The van der Waals surface area contributed by atoms with Crippen LogP contribution in [0.5, 0.6) is 0 Å². The van der Waals surface area contributed by atoms with E-state index in [4.69, 9.17) is 0 Å². The Labute approximate surface area is 92.1 Å². The number of hydrogen-bond acceptors (Lipinski definition) is 3. The fourth-order valence-corrected chi connectivity index (χ4v) is 2.55. The van der Waals surface area contributed by atoms with Crippen LogP contribution in [0.4, 0.5) is 0 Å². The standard InChI is InChI=1S/C10H21NO3S/c1-9(2,3)15(13,14)11-8-10(12)6-4-5-7-10/h11-12H,4-8H2,1-3H3. The molecule has 2 N–H and O–H groups in total. The van der Waals surface area contributed by atoms with Gasteiger partial charge in [0.05, 0.1) is 10.3 Å². The van der Waals surface area contributed by atoms with Crippen molar-refractivity contribution in [3.8, 4) is 0 Å². The number of nitrogens with one attached hydrogen (secondary N) is 1. The quantitative estimate of drug-likeness (QED) is 0.767. The van der Waals surface area contributed by atoms with E-state index in [0.717, 1.165) is 12.8 Å². The van der Waals surface area contributed by atoms with Crippen molar-refractivity contribution in [1.29, 1.82) is 0 Å². The molecule has 0 saturated heterocycles. The highest BCUT2D eigenvalue weighted by Gasteiger charge is 2.35. The fraction of sp³-hybridized carbons (Fsp3) is 1.00. The zero-order valence-corrected chi connectivity index (χ0v) is 10.5. The molecular weight excluding hydrogens is 214 g/mol. The first-order valence-electron chi connectivity index (χ1n) is 5.38. The summed E-state index contributed by atoms with van der Waals surface area (Å²) in [6, 6.07) is 0.